The molecule has 1 saturated heterocycles. The molecule has 1 aromatic carbocycles. The third-order valence-corrected chi connectivity index (χ3v) is 8.43. The maximum Gasteiger partial charge on any atom is 0.293 e. The van der Waals surface area contributed by atoms with E-state index in [9.17, 15) is 22.7 Å². The lowest BCUT2D eigenvalue weighted by Gasteiger charge is -2.37. The van der Waals surface area contributed by atoms with Crippen LogP contribution in [0.25, 0.3) is 0 Å². The van der Waals surface area contributed by atoms with Crippen molar-refractivity contribution in [2.75, 3.05) is 31.5 Å². The molecule has 2 fully saturated rings. The number of amides is 1. The van der Waals surface area contributed by atoms with Gasteiger partial charge >= 0.3 is 0 Å². The molecule has 1 amide bonds. The summed E-state index contributed by atoms with van der Waals surface area (Å²) in [6.45, 7) is 5.95. The summed E-state index contributed by atoms with van der Waals surface area (Å²) in [5.41, 5.74) is -0.458. The summed E-state index contributed by atoms with van der Waals surface area (Å²) in [5.74, 6) is -1.26. The zero-order chi connectivity index (χ0) is 25.1. The standard InChI is InChI=1S/C23H33FN4O5S/c1-16(2)34(31,32)28-11-9-27(10-12-28)20(15-25)21(33-19-7-8-23(3,30)14-19)22(29)26-18-6-4-5-17(24)13-18/h4-6,13,15-16,19,25,30H,7-12,14H2,1-3H3,(H,26,29)/b21-20-,25-15?. The van der Waals surface area contributed by atoms with Crippen molar-refractivity contribution in [2.24, 2.45) is 0 Å². The summed E-state index contributed by atoms with van der Waals surface area (Å²) >= 11 is 0. The van der Waals surface area contributed by atoms with E-state index in [0.717, 1.165) is 6.21 Å². The minimum absolute atomic E-state index is 0.109. The first-order valence-electron chi connectivity index (χ1n) is 11.4. The Morgan fingerprint density at radius 3 is 2.53 bits per heavy atom. The second-order valence-corrected chi connectivity index (χ2v) is 11.8. The van der Waals surface area contributed by atoms with Gasteiger partial charge in [0.05, 0.1) is 10.9 Å². The number of nitrogens with one attached hydrogen (secondary N) is 2. The molecular weight excluding hydrogens is 463 g/mol. The van der Waals surface area contributed by atoms with Gasteiger partial charge in [-0.2, -0.15) is 4.31 Å². The number of allylic oxidation sites excluding steroid dienone is 1. The molecule has 2 atom stereocenters. The number of hydrogen-bond acceptors (Lipinski definition) is 7. The van der Waals surface area contributed by atoms with Crippen molar-refractivity contribution in [1.82, 2.24) is 9.21 Å². The summed E-state index contributed by atoms with van der Waals surface area (Å²) in [7, 11) is -3.41. The molecular formula is C23H33FN4O5S. The van der Waals surface area contributed by atoms with Crippen molar-refractivity contribution >= 4 is 27.8 Å². The molecule has 3 N–H and O–H groups in total. The fraction of sp³-hybridized carbons (Fsp3) is 0.565. The van der Waals surface area contributed by atoms with E-state index in [1.165, 1.54) is 22.5 Å². The molecule has 1 aromatic rings. The van der Waals surface area contributed by atoms with Crippen molar-refractivity contribution in [2.45, 2.75) is 57.0 Å². The molecule has 34 heavy (non-hydrogen) atoms. The lowest BCUT2D eigenvalue weighted by atomic mass is 10.1. The number of benzene rings is 1. The predicted molar refractivity (Wildman–Crippen MR) is 127 cm³/mol. The average molecular weight is 497 g/mol. The van der Waals surface area contributed by atoms with Gasteiger partial charge in [-0.05, 0) is 51.8 Å². The summed E-state index contributed by atoms with van der Waals surface area (Å²) in [5, 5.41) is 20.4. The number of carbonyl (C=O) groups excluding carboxylic acids is 1. The minimum Gasteiger partial charge on any atom is -0.483 e. The molecule has 0 radical (unpaired) electrons. The fourth-order valence-corrected chi connectivity index (χ4v) is 5.47. The van der Waals surface area contributed by atoms with Gasteiger partial charge in [0.15, 0.2) is 0 Å². The lowest BCUT2D eigenvalue weighted by Crippen LogP contribution is -2.50. The molecule has 1 saturated carbocycles. The van der Waals surface area contributed by atoms with Crippen molar-refractivity contribution < 1.29 is 27.4 Å². The number of halogens is 1. The highest BCUT2D eigenvalue weighted by Crippen LogP contribution is 2.33. The first-order valence-corrected chi connectivity index (χ1v) is 12.9. The molecule has 3 rings (SSSR count). The van der Waals surface area contributed by atoms with Gasteiger partial charge in [0.1, 0.15) is 17.6 Å². The normalized spacial score (nSPS) is 24.6. The first-order chi connectivity index (χ1) is 15.9. The van der Waals surface area contributed by atoms with Crippen LogP contribution in [-0.4, -0.2) is 78.0 Å². The Balaban J connectivity index is 1.86. The van der Waals surface area contributed by atoms with Crippen LogP contribution in [0.2, 0.25) is 0 Å². The second kappa shape index (κ2) is 10.4. The van der Waals surface area contributed by atoms with Crippen LogP contribution in [0.3, 0.4) is 0 Å². The molecule has 1 aliphatic carbocycles. The van der Waals surface area contributed by atoms with E-state index in [1.54, 1.807) is 31.7 Å². The number of piperazine rings is 1. The maximum atomic E-state index is 13.6. The van der Waals surface area contributed by atoms with Crippen LogP contribution in [0.4, 0.5) is 10.1 Å². The Hall–Kier alpha value is -2.50. The molecule has 9 nitrogen and oxygen atoms in total. The smallest absolute Gasteiger partial charge is 0.293 e. The van der Waals surface area contributed by atoms with E-state index in [1.807, 2.05) is 0 Å². The number of hydrogen-bond donors (Lipinski definition) is 3. The molecule has 188 valence electrons. The second-order valence-electron chi connectivity index (χ2n) is 9.28. The van der Waals surface area contributed by atoms with Crippen LogP contribution in [0, 0.1) is 11.2 Å². The van der Waals surface area contributed by atoms with Crippen molar-refractivity contribution in [3.63, 3.8) is 0 Å². The van der Waals surface area contributed by atoms with Crippen molar-refractivity contribution in [3.8, 4) is 0 Å². The zero-order valence-corrected chi connectivity index (χ0v) is 20.6. The molecule has 0 aromatic heterocycles. The summed E-state index contributed by atoms with van der Waals surface area (Å²) in [6.07, 6.45) is 1.97. The largest absolute Gasteiger partial charge is 0.483 e. The van der Waals surface area contributed by atoms with Gasteiger partial charge in [-0.25, -0.2) is 12.8 Å². The average Bonchev–Trinajstić information content (AvgIpc) is 3.12. The summed E-state index contributed by atoms with van der Waals surface area (Å²) < 4.78 is 46.1. The molecule has 2 unspecified atom stereocenters. The van der Waals surface area contributed by atoms with E-state index < -0.39 is 38.7 Å². The highest BCUT2D eigenvalue weighted by Gasteiger charge is 2.37. The predicted octanol–water partition coefficient (Wildman–Crippen LogP) is 2.30. The highest BCUT2D eigenvalue weighted by molar-refractivity contribution is 7.89. The molecule has 0 spiro atoms. The zero-order valence-electron chi connectivity index (χ0n) is 19.8. The first kappa shape index (κ1) is 26.1. The van der Waals surface area contributed by atoms with Gasteiger partial charge in [-0.1, -0.05) is 6.07 Å². The topological polar surface area (TPSA) is 123 Å². The van der Waals surface area contributed by atoms with Gasteiger partial charge < -0.3 is 25.5 Å². The Kier molecular flexibility index (Phi) is 7.99. The van der Waals surface area contributed by atoms with Gasteiger partial charge in [0.2, 0.25) is 15.8 Å². The van der Waals surface area contributed by atoms with Crippen LogP contribution in [0.5, 0.6) is 0 Å². The van der Waals surface area contributed by atoms with E-state index >= 15 is 0 Å². The Morgan fingerprint density at radius 2 is 2.00 bits per heavy atom. The maximum absolute atomic E-state index is 13.6. The number of carbonyl (C=O) groups is 1. The summed E-state index contributed by atoms with van der Waals surface area (Å²) in [4.78, 5) is 15.0. The molecule has 1 heterocycles. The van der Waals surface area contributed by atoms with Crippen LogP contribution >= 0.6 is 0 Å². The number of ether oxygens (including phenoxy) is 1. The molecule has 2 aliphatic rings. The van der Waals surface area contributed by atoms with Gasteiger partial charge in [-0.15, -0.1) is 0 Å². The number of nitrogens with zero attached hydrogens (tertiary/aromatic N) is 2. The number of anilines is 1. The van der Waals surface area contributed by atoms with Crippen molar-refractivity contribution in [1.29, 1.82) is 5.41 Å². The number of rotatable bonds is 8. The van der Waals surface area contributed by atoms with E-state index in [-0.39, 0.29) is 43.3 Å². The molecule has 0 bridgehead atoms. The van der Waals surface area contributed by atoms with Crippen LogP contribution in [0.15, 0.2) is 35.7 Å². The Morgan fingerprint density at radius 1 is 1.32 bits per heavy atom. The third-order valence-electron chi connectivity index (χ3n) is 6.15. The highest BCUT2D eigenvalue weighted by atomic mass is 32.2. The van der Waals surface area contributed by atoms with Crippen LogP contribution in [-0.2, 0) is 19.6 Å². The number of aliphatic hydroxyl groups is 1. The van der Waals surface area contributed by atoms with Gasteiger partial charge in [0, 0.05) is 44.5 Å². The lowest BCUT2D eigenvalue weighted by molar-refractivity contribution is -0.117. The van der Waals surface area contributed by atoms with E-state index in [4.69, 9.17) is 10.1 Å². The Labute approximate surface area is 200 Å². The fourth-order valence-electron chi connectivity index (χ4n) is 4.20. The minimum atomic E-state index is -3.41. The van der Waals surface area contributed by atoms with Crippen LogP contribution < -0.4 is 5.32 Å². The molecule has 1 aliphatic heterocycles. The van der Waals surface area contributed by atoms with Crippen molar-refractivity contribution in [3.05, 3.63) is 41.5 Å². The monoisotopic (exact) mass is 496 g/mol. The van der Waals surface area contributed by atoms with E-state index in [2.05, 4.69) is 5.32 Å². The SMILES string of the molecule is CC(C)S(=O)(=O)N1CCN(/C(C=N)=C(\OC2CCC(C)(O)C2)C(=O)Nc2cccc(F)c2)CC1. The van der Waals surface area contributed by atoms with Crippen LogP contribution in [0.1, 0.15) is 40.0 Å². The van der Waals surface area contributed by atoms with E-state index in [0.29, 0.717) is 19.3 Å². The summed E-state index contributed by atoms with van der Waals surface area (Å²) in [6, 6.07) is 5.45. The molecule has 11 heteroatoms. The third kappa shape index (κ3) is 6.13. The van der Waals surface area contributed by atoms with Gasteiger partial charge in [-0.3, -0.25) is 4.79 Å². The quantitative estimate of drug-likeness (QED) is 0.288. The van der Waals surface area contributed by atoms with Gasteiger partial charge in [0.25, 0.3) is 5.91 Å². The Bertz CT molecular complexity index is 1050. The number of sulfonamides is 1.